The van der Waals surface area contributed by atoms with Crippen molar-refractivity contribution in [2.45, 2.75) is 56.8 Å². The van der Waals surface area contributed by atoms with Gasteiger partial charge in [0.05, 0.1) is 6.10 Å². The first-order chi connectivity index (χ1) is 9.60. The zero-order valence-corrected chi connectivity index (χ0v) is 12.4. The molecule has 0 amide bonds. The molecule has 3 aliphatic rings. The van der Waals surface area contributed by atoms with Crippen LogP contribution in [0.4, 0.5) is 0 Å². The van der Waals surface area contributed by atoms with Gasteiger partial charge in [-0.15, -0.1) is 0 Å². The van der Waals surface area contributed by atoms with Crippen molar-refractivity contribution < 1.29 is 9.84 Å². The highest BCUT2D eigenvalue weighted by Gasteiger charge is 2.53. The number of hydrogen-bond acceptors (Lipinski definition) is 3. The minimum Gasteiger partial charge on any atom is -0.489 e. The molecule has 0 bridgehead atoms. The van der Waals surface area contributed by atoms with E-state index in [1.807, 2.05) is 0 Å². The second kappa shape index (κ2) is 4.22. The maximum absolute atomic E-state index is 10.0. The van der Waals surface area contributed by atoms with Crippen molar-refractivity contribution in [3.8, 4) is 5.75 Å². The molecular weight excluding hydrogens is 250 g/mol. The molecule has 2 heterocycles. The average Bonchev–Trinajstić information content (AvgIpc) is 2.68. The number of aryl methyl sites for hydroxylation is 1. The summed E-state index contributed by atoms with van der Waals surface area (Å²) in [5, 5.41) is 10.0. The fourth-order valence-electron chi connectivity index (χ4n) is 4.49. The molecule has 1 saturated carbocycles. The molecule has 2 aliphatic heterocycles. The molecule has 108 valence electrons. The number of aliphatic hydroxyl groups excluding tert-OH is 1. The largest absolute Gasteiger partial charge is 0.489 e. The summed E-state index contributed by atoms with van der Waals surface area (Å²) in [5.74, 6) is 1.12. The van der Waals surface area contributed by atoms with E-state index in [0.717, 1.165) is 44.5 Å². The average molecular weight is 273 g/mol. The molecule has 3 heteroatoms. The van der Waals surface area contributed by atoms with Crippen LogP contribution in [0.2, 0.25) is 0 Å². The van der Waals surface area contributed by atoms with Crippen LogP contribution in [0, 0.1) is 6.92 Å². The number of hydrogen-bond donors (Lipinski definition) is 1. The molecule has 1 spiro atoms. The molecule has 20 heavy (non-hydrogen) atoms. The first-order valence-corrected chi connectivity index (χ1v) is 7.76. The second-order valence-electron chi connectivity index (χ2n) is 6.92. The maximum atomic E-state index is 10.0. The van der Waals surface area contributed by atoms with E-state index in [-0.39, 0.29) is 17.6 Å². The molecule has 1 aromatic carbocycles. The topological polar surface area (TPSA) is 32.7 Å². The van der Waals surface area contributed by atoms with E-state index in [1.54, 1.807) is 0 Å². The van der Waals surface area contributed by atoms with E-state index in [2.05, 4.69) is 31.0 Å². The Morgan fingerprint density at radius 1 is 1.35 bits per heavy atom. The molecule has 1 fully saturated rings. The van der Waals surface area contributed by atoms with Crippen molar-refractivity contribution in [1.82, 2.24) is 4.90 Å². The summed E-state index contributed by atoms with van der Waals surface area (Å²) in [4.78, 5) is 2.42. The quantitative estimate of drug-likeness (QED) is 0.788. The van der Waals surface area contributed by atoms with Gasteiger partial charge in [-0.25, -0.2) is 0 Å². The van der Waals surface area contributed by atoms with E-state index >= 15 is 0 Å². The molecule has 3 atom stereocenters. The van der Waals surface area contributed by atoms with Crippen LogP contribution < -0.4 is 4.74 Å². The summed E-state index contributed by atoms with van der Waals surface area (Å²) in [6.45, 7) is 4.28. The first-order valence-electron chi connectivity index (χ1n) is 7.76. The third-order valence-corrected chi connectivity index (χ3v) is 5.60. The molecule has 3 nitrogen and oxygen atoms in total. The molecule has 1 aromatic rings. The van der Waals surface area contributed by atoms with Gasteiger partial charge in [-0.2, -0.15) is 0 Å². The van der Waals surface area contributed by atoms with Crippen molar-refractivity contribution >= 4 is 0 Å². The van der Waals surface area contributed by atoms with E-state index in [1.165, 1.54) is 16.7 Å². The number of rotatable bonds is 0. The minimum absolute atomic E-state index is 0.153. The van der Waals surface area contributed by atoms with Crippen molar-refractivity contribution in [2.75, 3.05) is 13.6 Å². The van der Waals surface area contributed by atoms with Gasteiger partial charge in [0, 0.05) is 23.9 Å². The Morgan fingerprint density at radius 3 is 3.05 bits per heavy atom. The molecule has 0 unspecified atom stereocenters. The van der Waals surface area contributed by atoms with Gasteiger partial charge in [0.1, 0.15) is 11.9 Å². The number of benzene rings is 1. The van der Waals surface area contributed by atoms with Crippen molar-refractivity contribution in [2.24, 2.45) is 0 Å². The van der Waals surface area contributed by atoms with Crippen LogP contribution in [0.15, 0.2) is 12.1 Å². The maximum Gasteiger partial charge on any atom is 0.126 e. The van der Waals surface area contributed by atoms with Crippen LogP contribution >= 0.6 is 0 Å². The van der Waals surface area contributed by atoms with Crippen molar-refractivity contribution in [3.63, 3.8) is 0 Å². The highest BCUT2D eigenvalue weighted by molar-refractivity contribution is 5.55. The van der Waals surface area contributed by atoms with Gasteiger partial charge >= 0.3 is 0 Å². The highest BCUT2D eigenvalue weighted by atomic mass is 16.5. The lowest BCUT2D eigenvalue weighted by Gasteiger charge is -2.40. The number of ether oxygens (including phenoxy) is 1. The summed E-state index contributed by atoms with van der Waals surface area (Å²) < 4.78 is 6.34. The van der Waals surface area contributed by atoms with E-state index in [4.69, 9.17) is 4.74 Å². The van der Waals surface area contributed by atoms with Crippen LogP contribution in [-0.4, -0.2) is 35.8 Å². The Morgan fingerprint density at radius 2 is 2.20 bits per heavy atom. The van der Waals surface area contributed by atoms with Gasteiger partial charge in [-0.1, -0.05) is 12.1 Å². The molecular formula is C17H23NO2. The Bertz CT molecular complexity index is 556. The Kier molecular flexibility index (Phi) is 2.67. The molecule has 0 aromatic heterocycles. The van der Waals surface area contributed by atoms with Crippen LogP contribution in [0.3, 0.4) is 0 Å². The molecule has 1 N–H and O–H groups in total. The first kappa shape index (κ1) is 12.7. The minimum atomic E-state index is -0.190. The predicted octanol–water partition coefficient (Wildman–Crippen LogP) is 2.37. The van der Waals surface area contributed by atoms with Crippen LogP contribution in [0.1, 0.15) is 42.4 Å². The molecule has 0 saturated heterocycles. The summed E-state index contributed by atoms with van der Waals surface area (Å²) >= 11 is 0. The van der Waals surface area contributed by atoms with Crippen molar-refractivity contribution in [3.05, 3.63) is 28.8 Å². The smallest absolute Gasteiger partial charge is 0.126 e. The third-order valence-electron chi connectivity index (χ3n) is 5.60. The highest BCUT2D eigenvalue weighted by Crippen LogP contribution is 2.55. The van der Waals surface area contributed by atoms with Crippen LogP contribution in [0.25, 0.3) is 0 Å². The Balaban J connectivity index is 1.91. The zero-order chi connectivity index (χ0) is 13.9. The third kappa shape index (κ3) is 1.60. The lowest BCUT2D eigenvalue weighted by Crippen LogP contribution is -2.45. The lowest BCUT2D eigenvalue weighted by molar-refractivity contribution is 0.0124. The van der Waals surface area contributed by atoms with Gasteiger partial charge in [0.2, 0.25) is 0 Å². The van der Waals surface area contributed by atoms with Gasteiger partial charge in [0.25, 0.3) is 0 Å². The summed E-state index contributed by atoms with van der Waals surface area (Å²) in [6.07, 6.45) is 3.91. The standard InChI is InChI=1S/C17H23NO2/c1-11-3-4-12-10-18(2)8-7-17-6-5-13(19)9-14(17)20-16(11)15(12)17/h3-4,13-14,19H,5-10H2,1-2H3/t13-,14-,17-/m0/s1. The van der Waals surface area contributed by atoms with Gasteiger partial charge < -0.3 is 14.7 Å². The summed E-state index contributed by atoms with van der Waals surface area (Å²) in [5.41, 5.74) is 4.31. The number of aliphatic hydroxyl groups is 1. The van der Waals surface area contributed by atoms with Crippen LogP contribution in [-0.2, 0) is 12.0 Å². The fraction of sp³-hybridized carbons (Fsp3) is 0.647. The normalized spacial score (nSPS) is 36.0. The van der Waals surface area contributed by atoms with E-state index in [0.29, 0.717) is 0 Å². The summed E-state index contributed by atoms with van der Waals surface area (Å²) in [7, 11) is 2.21. The monoisotopic (exact) mass is 273 g/mol. The van der Waals surface area contributed by atoms with Crippen LogP contribution in [0.5, 0.6) is 5.75 Å². The Labute approximate surface area is 120 Å². The van der Waals surface area contributed by atoms with Gasteiger partial charge in [0.15, 0.2) is 0 Å². The molecule has 4 rings (SSSR count). The molecule has 0 radical (unpaired) electrons. The van der Waals surface area contributed by atoms with E-state index in [9.17, 15) is 5.11 Å². The van der Waals surface area contributed by atoms with E-state index < -0.39 is 0 Å². The van der Waals surface area contributed by atoms with Crippen molar-refractivity contribution in [1.29, 1.82) is 0 Å². The number of nitrogens with zero attached hydrogens (tertiary/aromatic N) is 1. The fourth-order valence-corrected chi connectivity index (χ4v) is 4.49. The predicted molar refractivity (Wildman–Crippen MR) is 78.1 cm³/mol. The summed E-state index contributed by atoms with van der Waals surface area (Å²) in [6, 6.07) is 4.48. The zero-order valence-electron chi connectivity index (χ0n) is 12.4. The second-order valence-corrected chi connectivity index (χ2v) is 6.92. The Hall–Kier alpha value is -1.06. The molecule has 1 aliphatic carbocycles. The SMILES string of the molecule is Cc1ccc2c3c1O[C@H]1C[C@@H](O)CC[C@@]31CCN(C)C2. The lowest BCUT2D eigenvalue weighted by atomic mass is 9.65. The van der Waals surface area contributed by atoms with Gasteiger partial charge in [-0.3, -0.25) is 0 Å². The van der Waals surface area contributed by atoms with Gasteiger partial charge in [-0.05, 0) is 50.9 Å².